The molecule has 2 aromatic rings. The van der Waals surface area contributed by atoms with Gasteiger partial charge in [-0.15, -0.1) is 11.3 Å². The summed E-state index contributed by atoms with van der Waals surface area (Å²) < 4.78 is 10.6. The van der Waals surface area contributed by atoms with Crippen LogP contribution in [0.4, 0.5) is 4.79 Å². The minimum absolute atomic E-state index is 0.00674. The molecule has 2 aromatic heterocycles. The minimum atomic E-state index is -0.0341. The van der Waals surface area contributed by atoms with E-state index in [1.165, 1.54) is 30.6 Å². The third kappa shape index (κ3) is 4.66. The first-order valence-corrected chi connectivity index (χ1v) is 12.0. The van der Waals surface area contributed by atoms with Crippen LogP contribution in [-0.2, 0) is 11.3 Å². The molecule has 0 aromatic carbocycles. The van der Waals surface area contributed by atoms with Gasteiger partial charge in [0, 0.05) is 39.3 Å². The molecule has 9 nitrogen and oxygen atoms in total. The van der Waals surface area contributed by atoms with E-state index in [2.05, 4.69) is 15.3 Å². The highest BCUT2D eigenvalue weighted by atomic mass is 32.1. The molecule has 2 aliphatic rings. The molecular formula is C22H31N5O4S. The fraction of sp³-hybridized carbons (Fsp3) is 0.636. The van der Waals surface area contributed by atoms with Gasteiger partial charge in [0.1, 0.15) is 11.4 Å². The van der Waals surface area contributed by atoms with Gasteiger partial charge < -0.3 is 24.6 Å². The summed E-state index contributed by atoms with van der Waals surface area (Å²) in [5.41, 5.74) is 0.827. The predicted molar refractivity (Wildman–Crippen MR) is 122 cm³/mol. The smallest absolute Gasteiger partial charge is 0.317 e. The molecule has 0 atom stereocenters. The largest absolute Gasteiger partial charge is 0.480 e. The topological polar surface area (TPSA) is 96.9 Å². The van der Waals surface area contributed by atoms with Crippen molar-refractivity contribution in [1.82, 2.24) is 25.1 Å². The van der Waals surface area contributed by atoms with E-state index < -0.39 is 0 Å². The lowest BCUT2D eigenvalue weighted by atomic mass is 9.96. The van der Waals surface area contributed by atoms with E-state index in [1.807, 2.05) is 16.7 Å². The van der Waals surface area contributed by atoms with Gasteiger partial charge in [-0.25, -0.2) is 9.78 Å². The van der Waals surface area contributed by atoms with Crippen molar-refractivity contribution >= 4 is 33.5 Å². The SMILES string of the molecule is COCc1nc(OC)c2c(C)c(C(=O)N3CCN(C(=O)NC4CCCCC4)CC3)sc2n1. The lowest BCUT2D eigenvalue weighted by Crippen LogP contribution is -2.54. The number of carbonyl (C=O) groups excluding carboxylic acids is 2. The number of methoxy groups -OCH3 is 2. The van der Waals surface area contributed by atoms with Crippen molar-refractivity contribution in [2.75, 3.05) is 40.4 Å². The highest BCUT2D eigenvalue weighted by Gasteiger charge is 2.29. The quantitative estimate of drug-likeness (QED) is 0.735. The predicted octanol–water partition coefficient (Wildman–Crippen LogP) is 2.95. The van der Waals surface area contributed by atoms with Crippen molar-refractivity contribution in [3.05, 3.63) is 16.3 Å². The average molecular weight is 462 g/mol. The summed E-state index contributed by atoms with van der Waals surface area (Å²) in [6, 6.07) is 0.281. The van der Waals surface area contributed by atoms with E-state index >= 15 is 0 Å². The Morgan fingerprint density at radius 3 is 2.41 bits per heavy atom. The fourth-order valence-electron chi connectivity index (χ4n) is 4.46. The number of urea groups is 1. The molecule has 2 fully saturated rings. The molecule has 10 heteroatoms. The second kappa shape index (κ2) is 9.99. The van der Waals surface area contributed by atoms with E-state index in [0.717, 1.165) is 28.6 Å². The van der Waals surface area contributed by atoms with Gasteiger partial charge in [-0.05, 0) is 25.3 Å². The van der Waals surface area contributed by atoms with Gasteiger partial charge in [-0.3, -0.25) is 4.79 Å². The Morgan fingerprint density at radius 2 is 1.75 bits per heavy atom. The second-order valence-corrected chi connectivity index (χ2v) is 9.38. The molecule has 1 aliphatic carbocycles. The number of nitrogens with one attached hydrogen (secondary N) is 1. The summed E-state index contributed by atoms with van der Waals surface area (Å²) in [5, 5.41) is 3.94. The maximum absolute atomic E-state index is 13.3. The Bertz CT molecular complexity index is 980. The molecule has 0 bridgehead atoms. The lowest BCUT2D eigenvalue weighted by molar-refractivity contribution is 0.0666. The Balaban J connectivity index is 1.43. The number of amides is 3. The molecule has 1 saturated carbocycles. The number of hydrogen-bond donors (Lipinski definition) is 1. The summed E-state index contributed by atoms with van der Waals surface area (Å²) in [4.78, 5) is 39.9. The number of fused-ring (bicyclic) bond motifs is 1. The van der Waals surface area contributed by atoms with Gasteiger partial charge in [0.15, 0.2) is 5.82 Å². The molecule has 0 radical (unpaired) electrons. The summed E-state index contributed by atoms with van der Waals surface area (Å²) in [7, 11) is 3.15. The van der Waals surface area contributed by atoms with E-state index in [9.17, 15) is 9.59 Å². The number of piperazine rings is 1. The maximum Gasteiger partial charge on any atom is 0.317 e. The van der Waals surface area contributed by atoms with Crippen molar-refractivity contribution in [1.29, 1.82) is 0 Å². The summed E-state index contributed by atoms with van der Waals surface area (Å²) >= 11 is 1.35. The lowest BCUT2D eigenvalue weighted by Gasteiger charge is -2.36. The molecule has 0 unspecified atom stereocenters. The Hall–Kier alpha value is -2.46. The third-order valence-corrected chi connectivity index (χ3v) is 7.42. The summed E-state index contributed by atoms with van der Waals surface area (Å²) in [6.45, 7) is 4.29. The van der Waals surface area contributed by atoms with E-state index in [4.69, 9.17) is 9.47 Å². The number of rotatable bonds is 5. The van der Waals surface area contributed by atoms with Crippen LogP contribution in [-0.4, -0.2) is 78.1 Å². The number of ether oxygens (including phenoxy) is 2. The third-order valence-electron chi connectivity index (χ3n) is 6.25. The van der Waals surface area contributed by atoms with Crippen molar-refractivity contribution in [3.63, 3.8) is 0 Å². The Labute approximate surface area is 192 Å². The molecule has 3 heterocycles. The molecule has 4 rings (SSSR count). The first-order valence-electron chi connectivity index (χ1n) is 11.2. The number of carbonyl (C=O) groups is 2. The van der Waals surface area contributed by atoms with Crippen LogP contribution >= 0.6 is 11.3 Å². The van der Waals surface area contributed by atoms with Gasteiger partial charge in [0.25, 0.3) is 5.91 Å². The molecule has 0 spiro atoms. The molecule has 174 valence electrons. The van der Waals surface area contributed by atoms with Gasteiger partial charge in [0.2, 0.25) is 5.88 Å². The number of hydrogen-bond acceptors (Lipinski definition) is 7. The summed E-state index contributed by atoms with van der Waals surface area (Å²) in [5.74, 6) is 0.946. The van der Waals surface area contributed by atoms with Crippen molar-refractivity contribution < 1.29 is 19.1 Å². The zero-order valence-electron chi connectivity index (χ0n) is 19.0. The molecule has 1 aliphatic heterocycles. The highest BCUT2D eigenvalue weighted by Crippen LogP contribution is 2.35. The first kappa shape index (κ1) is 22.7. The monoisotopic (exact) mass is 461 g/mol. The molecule has 3 amide bonds. The van der Waals surface area contributed by atoms with Crippen LogP contribution in [0.15, 0.2) is 0 Å². The number of nitrogens with zero attached hydrogens (tertiary/aromatic N) is 4. The van der Waals surface area contributed by atoms with Crippen molar-refractivity contribution in [2.45, 2.75) is 51.7 Å². The Kier molecular flexibility index (Phi) is 7.10. The minimum Gasteiger partial charge on any atom is -0.480 e. The zero-order chi connectivity index (χ0) is 22.7. The van der Waals surface area contributed by atoms with Crippen LogP contribution in [0, 0.1) is 6.92 Å². The van der Waals surface area contributed by atoms with Crippen LogP contribution in [0.5, 0.6) is 5.88 Å². The van der Waals surface area contributed by atoms with Gasteiger partial charge in [-0.2, -0.15) is 4.98 Å². The van der Waals surface area contributed by atoms with Crippen molar-refractivity contribution in [3.8, 4) is 5.88 Å². The zero-order valence-corrected chi connectivity index (χ0v) is 19.8. The van der Waals surface area contributed by atoms with Crippen molar-refractivity contribution in [2.24, 2.45) is 0 Å². The van der Waals surface area contributed by atoms with Crippen LogP contribution in [0.2, 0.25) is 0 Å². The van der Waals surface area contributed by atoms with E-state index in [1.54, 1.807) is 14.2 Å². The number of aryl methyl sites for hydroxylation is 1. The summed E-state index contributed by atoms with van der Waals surface area (Å²) in [6.07, 6.45) is 5.75. The van der Waals surface area contributed by atoms with Crippen LogP contribution < -0.4 is 10.1 Å². The van der Waals surface area contributed by atoms with Crippen LogP contribution in [0.3, 0.4) is 0 Å². The molecule has 1 N–H and O–H groups in total. The number of aromatic nitrogens is 2. The maximum atomic E-state index is 13.3. The highest BCUT2D eigenvalue weighted by molar-refractivity contribution is 7.20. The first-order chi connectivity index (χ1) is 15.5. The molecular weight excluding hydrogens is 430 g/mol. The van der Waals surface area contributed by atoms with E-state index in [0.29, 0.717) is 42.8 Å². The molecule has 1 saturated heterocycles. The van der Waals surface area contributed by atoms with Crippen LogP contribution in [0.1, 0.15) is 53.2 Å². The number of thiophene rings is 1. The second-order valence-electron chi connectivity index (χ2n) is 8.38. The van der Waals surface area contributed by atoms with Gasteiger partial charge in [0.05, 0.1) is 17.4 Å². The van der Waals surface area contributed by atoms with Gasteiger partial charge >= 0.3 is 6.03 Å². The normalized spacial score (nSPS) is 17.6. The fourth-order valence-corrected chi connectivity index (χ4v) is 5.62. The average Bonchev–Trinajstić information content (AvgIpc) is 3.15. The van der Waals surface area contributed by atoms with Crippen LogP contribution in [0.25, 0.3) is 10.2 Å². The standard InChI is InChI=1S/C22H31N5O4S/c1-14-17-19(31-3)24-16(13-30-2)25-20(17)32-18(14)21(28)26-9-11-27(12-10-26)22(29)23-15-7-5-4-6-8-15/h15H,4-13H2,1-3H3,(H,23,29). The molecule has 32 heavy (non-hydrogen) atoms. The Morgan fingerprint density at radius 1 is 1.06 bits per heavy atom. The van der Waals surface area contributed by atoms with Gasteiger partial charge in [-0.1, -0.05) is 19.3 Å². The van der Waals surface area contributed by atoms with E-state index in [-0.39, 0.29) is 24.6 Å².